The van der Waals surface area contributed by atoms with Gasteiger partial charge in [0.1, 0.15) is 0 Å². The maximum absolute atomic E-state index is 10.4. The molecule has 1 aliphatic rings. The summed E-state index contributed by atoms with van der Waals surface area (Å²) in [6.45, 7) is 0. The van der Waals surface area contributed by atoms with Crippen LogP contribution in [0.1, 0.15) is 51.4 Å². The molecule has 0 atom stereocenters. The van der Waals surface area contributed by atoms with Gasteiger partial charge in [-0.2, -0.15) is 0 Å². The molecule has 0 aliphatic heterocycles. The molecule has 1 rings (SSSR count). The molecule has 0 radical (unpaired) electrons. The fraction of sp³-hybridized carbons (Fsp3) is 0.900. The fourth-order valence-electron chi connectivity index (χ4n) is 2.28. The molecular weight excluding hydrogens is 325 g/mol. The van der Waals surface area contributed by atoms with Crippen molar-refractivity contribution in [2.45, 2.75) is 56.9 Å². The van der Waals surface area contributed by atoms with Crippen molar-refractivity contribution in [3.63, 3.8) is 0 Å². The van der Waals surface area contributed by atoms with Gasteiger partial charge >= 0.3 is 5.97 Å². The summed E-state index contributed by atoms with van der Waals surface area (Å²) in [6, 6.07) is 0. The van der Waals surface area contributed by atoms with Crippen LogP contribution in [0, 0.1) is 0 Å². The van der Waals surface area contributed by atoms with E-state index >= 15 is 0 Å². The van der Waals surface area contributed by atoms with Gasteiger partial charge in [0.05, 0.1) is 0 Å². The lowest BCUT2D eigenvalue weighted by Gasteiger charge is -2.28. The number of aliphatic carboxylic acids is 1. The zero-order valence-electron chi connectivity index (χ0n) is 8.80. The van der Waals surface area contributed by atoms with Gasteiger partial charge < -0.3 is 5.11 Å². The van der Waals surface area contributed by atoms with Crippen molar-refractivity contribution in [2.24, 2.45) is 0 Å². The molecule has 15 heavy (non-hydrogen) atoms. The molecule has 0 bridgehead atoms. The van der Waals surface area contributed by atoms with E-state index in [2.05, 4.69) is 25.9 Å². The number of nitrogens with one attached hydrogen (secondary N) is 1. The summed E-state index contributed by atoms with van der Waals surface area (Å²) in [7, 11) is 1.67. The Labute approximate surface area is 107 Å². The Morgan fingerprint density at radius 2 is 2.07 bits per heavy atom. The van der Waals surface area contributed by atoms with E-state index in [-0.39, 0.29) is 0 Å². The average molecular weight is 343 g/mol. The molecule has 5 heteroatoms. The maximum Gasteiger partial charge on any atom is 0.303 e. The number of carboxylic acids is 1. The van der Waals surface area contributed by atoms with Crippen LogP contribution < -0.4 is 4.72 Å². The first-order valence-electron chi connectivity index (χ1n) is 5.45. The summed E-state index contributed by atoms with van der Waals surface area (Å²) in [5.74, 6) is -0.674. The van der Waals surface area contributed by atoms with Gasteiger partial charge in [-0.15, -0.1) is 0 Å². The van der Waals surface area contributed by atoms with Gasteiger partial charge in [0.25, 0.3) is 0 Å². The van der Waals surface area contributed by atoms with Crippen LogP contribution in [-0.2, 0) is 4.79 Å². The molecule has 1 fully saturated rings. The third-order valence-electron chi connectivity index (χ3n) is 3.11. The fourth-order valence-corrected chi connectivity index (χ4v) is 4.15. The van der Waals surface area contributed by atoms with Crippen molar-refractivity contribution < 1.29 is 9.90 Å². The van der Waals surface area contributed by atoms with Crippen LogP contribution in [0.15, 0.2) is 0 Å². The Morgan fingerprint density at radius 1 is 1.40 bits per heavy atom. The standard InChI is InChI=1S/C10H18INO2S/c11-15-12-10(7-3-4-8-10)6-2-1-5-9(13)14/h12H,1-8H2,(H,13,14). The Kier molecular flexibility index (Phi) is 6.30. The third-order valence-corrected chi connectivity index (χ3v) is 4.28. The molecule has 0 unspecified atom stereocenters. The van der Waals surface area contributed by atoms with Crippen molar-refractivity contribution in [3.05, 3.63) is 0 Å². The predicted octanol–water partition coefficient (Wildman–Crippen LogP) is 3.53. The highest BCUT2D eigenvalue weighted by atomic mass is 127. The second-order valence-corrected chi connectivity index (χ2v) is 5.95. The monoisotopic (exact) mass is 343 g/mol. The predicted molar refractivity (Wildman–Crippen MR) is 72.0 cm³/mol. The highest BCUT2D eigenvalue weighted by molar-refractivity contribution is 14.2. The van der Waals surface area contributed by atoms with E-state index in [1.54, 1.807) is 9.12 Å². The number of halogens is 1. The van der Waals surface area contributed by atoms with Gasteiger partial charge in [0.2, 0.25) is 0 Å². The van der Waals surface area contributed by atoms with E-state index in [0.29, 0.717) is 12.0 Å². The molecule has 3 nitrogen and oxygen atoms in total. The topological polar surface area (TPSA) is 49.3 Å². The molecule has 0 heterocycles. The average Bonchev–Trinajstić information content (AvgIpc) is 2.62. The Balaban J connectivity index is 2.23. The minimum Gasteiger partial charge on any atom is -0.481 e. The smallest absolute Gasteiger partial charge is 0.303 e. The van der Waals surface area contributed by atoms with E-state index in [9.17, 15) is 4.79 Å². The highest BCUT2D eigenvalue weighted by Gasteiger charge is 2.32. The first kappa shape index (κ1) is 13.6. The molecular formula is C10H18INO2S. The van der Waals surface area contributed by atoms with Gasteiger partial charge in [-0.1, -0.05) is 19.3 Å². The number of hydrogen-bond donors (Lipinski definition) is 2. The molecule has 1 saturated carbocycles. The summed E-state index contributed by atoms with van der Waals surface area (Å²) in [5, 5.41) is 8.55. The van der Waals surface area contributed by atoms with E-state index in [1.165, 1.54) is 25.7 Å². The van der Waals surface area contributed by atoms with Gasteiger partial charge in [0, 0.05) is 33.2 Å². The van der Waals surface area contributed by atoms with Gasteiger partial charge in [-0.05, 0) is 34.8 Å². The van der Waals surface area contributed by atoms with Crippen LogP contribution in [0.3, 0.4) is 0 Å². The van der Waals surface area contributed by atoms with E-state index in [4.69, 9.17) is 5.11 Å². The number of hydrogen-bond acceptors (Lipinski definition) is 3. The molecule has 0 aromatic carbocycles. The lowest BCUT2D eigenvalue weighted by atomic mass is 9.92. The molecule has 0 aromatic rings. The molecule has 0 spiro atoms. The van der Waals surface area contributed by atoms with Gasteiger partial charge in [-0.3, -0.25) is 4.79 Å². The van der Waals surface area contributed by atoms with Crippen LogP contribution in [0.2, 0.25) is 0 Å². The Bertz CT molecular complexity index is 208. The van der Waals surface area contributed by atoms with E-state index in [1.807, 2.05) is 0 Å². The molecule has 0 amide bonds. The van der Waals surface area contributed by atoms with Gasteiger partial charge in [-0.25, -0.2) is 4.72 Å². The van der Waals surface area contributed by atoms with Crippen molar-refractivity contribution in [2.75, 3.05) is 0 Å². The lowest BCUT2D eigenvalue weighted by molar-refractivity contribution is -0.137. The number of unbranched alkanes of at least 4 members (excludes halogenated alkanes) is 1. The minimum absolute atomic E-state index is 0.296. The highest BCUT2D eigenvalue weighted by Crippen LogP contribution is 2.36. The number of carbonyl (C=O) groups is 1. The van der Waals surface area contributed by atoms with Crippen LogP contribution in [0.5, 0.6) is 0 Å². The Hall–Kier alpha value is 0.510. The number of rotatable bonds is 7. The molecule has 1 aliphatic carbocycles. The molecule has 0 aromatic heterocycles. The third kappa shape index (κ3) is 4.91. The molecule has 0 saturated heterocycles. The molecule has 88 valence electrons. The SMILES string of the molecule is O=C(O)CCCCC1(NSI)CCCC1. The quantitative estimate of drug-likeness (QED) is 0.422. The summed E-state index contributed by atoms with van der Waals surface area (Å²) in [4.78, 5) is 10.4. The summed E-state index contributed by atoms with van der Waals surface area (Å²) >= 11 is 2.27. The zero-order valence-corrected chi connectivity index (χ0v) is 11.8. The van der Waals surface area contributed by atoms with Crippen molar-refractivity contribution >= 4 is 36.3 Å². The van der Waals surface area contributed by atoms with Crippen molar-refractivity contribution in [3.8, 4) is 0 Å². The van der Waals surface area contributed by atoms with Crippen LogP contribution >= 0.6 is 30.3 Å². The van der Waals surface area contributed by atoms with Crippen molar-refractivity contribution in [1.29, 1.82) is 0 Å². The Morgan fingerprint density at radius 3 is 2.60 bits per heavy atom. The minimum atomic E-state index is -0.674. The lowest BCUT2D eigenvalue weighted by Crippen LogP contribution is -2.37. The normalized spacial score (nSPS) is 19.3. The van der Waals surface area contributed by atoms with Crippen LogP contribution in [0.25, 0.3) is 0 Å². The number of carboxylic acid groups (broad SMARTS) is 1. The first-order valence-corrected chi connectivity index (χ1v) is 8.81. The summed E-state index contributed by atoms with van der Waals surface area (Å²) in [5.41, 5.74) is 0.296. The van der Waals surface area contributed by atoms with E-state index < -0.39 is 5.97 Å². The maximum atomic E-state index is 10.4. The molecule has 2 N–H and O–H groups in total. The van der Waals surface area contributed by atoms with Crippen LogP contribution in [-0.4, -0.2) is 16.6 Å². The largest absolute Gasteiger partial charge is 0.481 e. The van der Waals surface area contributed by atoms with E-state index in [0.717, 1.165) is 19.3 Å². The summed E-state index contributed by atoms with van der Waals surface area (Å²) in [6.07, 6.45) is 8.38. The summed E-state index contributed by atoms with van der Waals surface area (Å²) < 4.78 is 3.50. The van der Waals surface area contributed by atoms with Gasteiger partial charge in [0.15, 0.2) is 0 Å². The second kappa shape index (κ2) is 6.96. The second-order valence-electron chi connectivity index (χ2n) is 4.27. The van der Waals surface area contributed by atoms with Crippen molar-refractivity contribution in [1.82, 2.24) is 4.72 Å². The van der Waals surface area contributed by atoms with Crippen LogP contribution in [0.4, 0.5) is 0 Å². The first-order chi connectivity index (χ1) is 7.18. The zero-order chi connectivity index (χ0) is 11.1.